The SMILES string of the molecule is COCCC(N)C(=O)Nc1cc(F)ccc1[N+](=O)[O-]. The molecule has 0 heterocycles. The van der Waals surface area contributed by atoms with Gasteiger partial charge in [-0.2, -0.15) is 0 Å². The van der Waals surface area contributed by atoms with Crippen LogP contribution in [0.25, 0.3) is 0 Å². The van der Waals surface area contributed by atoms with Gasteiger partial charge in [0.2, 0.25) is 5.91 Å². The number of rotatable bonds is 6. The second kappa shape index (κ2) is 6.76. The first-order valence-electron chi connectivity index (χ1n) is 5.45. The standard InChI is InChI=1S/C11H14FN3O4/c1-19-5-4-8(13)11(16)14-9-6-7(12)2-3-10(9)15(17)18/h2-3,6,8H,4-5,13H2,1H3,(H,14,16). The van der Waals surface area contributed by atoms with Gasteiger partial charge >= 0.3 is 0 Å². The predicted molar refractivity (Wildman–Crippen MR) is 66.2 cm³/mol. The summed E-state index contributed by atoms with van der Waals surface area (Å²) in [6, 6.07) is 1.91. The molecule has 0 radical (unpaired) electrons. The largest absolute Gasteiger partial charge is 0.385 e. The number of halogens is 1. The fraction of sp³-hybridized carbons (Fsp3) is 0.364. The number of benzene rings is 1. The number of carbonyl (C=O) groups is 1. The molecule has 1 aromatic carbocycles. The van der Waals surface area contributed by atoms with Crippen LogP contribution in [0, 0.1) is 15.9 Å². The molecule has 0 saturated heterocycles. The quantitative estimate of drug-likeness (QED) is 0.593. The van der Waals surface area contributed by atoms with Gasteiger partial charge in [-0.25, -0.2) is 4.39 Å². The van der Waals surface area contributed by atoms with E-state index in [-0.39, 0.29) is 18.7 Å². The minimum Gasteiger partial charge on any atom is -0.385 e. The fourth-order valence-corrected chi connectivity index (χ4v) is 1.37. The molecule has 104 valence electrons. The summed E-state index contributed by atoms with van der Waals surface area (Å²) in [5.41, 5.74) is 4.95. The van der Waals surface area contributed by atoms with E-state index in [4.69, 9.17) is 10.5 Å². The first kappa shape index (κ1) is 15.0. The Morgan fingerprint density at radius 2 is 2.32 bits per heavy atom. The van der Waals surface area contributed by atoms with Crippen molar-refractivity contribution >= 4 is 17.3 Å². The van der Waals surface area contributed by atoms with E-state index in [2.05, 4.69) is 5.32 Å². The number of nitro groups is 1. The highest BCUT2D eigenvalue weighted by Crippen LogP contribution is 2.24. The number of carbonyl (C=O) groups excluding carboxylic acids is 1. The van der Waals surface area contributed by atoms with Crippen LogP contribution < -0.4 is 11.1 Å². The first-order chi connectivity index (χ1) is 8.95. The van der Waals surface area contributed by atoms with E-state index < -0.39 is 28.4 Å². The number of nitrogens with zero attached hydrogens (tertiary/aromatic N) is 1. The molecule has 1 aromatic rings. The molecule has 1 atom stereocenters. The summed E-state index contributed by atoms with van der Waals surface area (Å²) < 4.78 is 17.8. The van der Waals surface area contributed by atoms with Gasteiger partial charge in [-0.3, -0.25) is 14.9 Å². The molecule has 1 amide bonds. The van der Waals surface area contributed by atoms with Crippen molar-refractivity contribution in [3.63, 3.8) is 0 Å². The predicted octanol–water partition coefficient (Wildman–Crippen LogP) is 1.04. The van der Waals surface area contributed by atoms with E-state index in [0.717, 1.165) is 18.2 Å². The summed E-state index contributed by atoms with van der Waals surface area (Å²) in [5, 5.41) is 13.0. The smallest absolute Gasteiger partial charge is 0.292 e. The van der Waals surface area contributed by atoms with Gasteiger partial charge in [0, 0.05) is 25.8 Å². The number of methoxy groups -OCH3 is 1. The number of nitrogens with one attached hydrogen (secondary N) is 1. The minimum atomic E-state index is -0.886. The monoisotopic (exact) mass is 271 g/mol. The van der Waals surface area contributed by atoms with E-state index in [1.165, 1.54) is 7.11 Å². The Balaban J connectivity index is 2.83. The zero-order valence-corrected chi connectivity index (χ0v) is 10.3. The number of hydrogen-bond donors (Lipinski definition) is 2. The van der Waals surface area contributed by atoms with E-state index in [9.17, 15) is 19.3 Å². The van der Waals surface area contributed by atoms with E-state index >= 15 is 0 Å². The van der Waals surface area contributed by atoms with E-state index in [1.54, 1.807) is 0 Å². The zero-order chi connectivity index (χ0) is 14.4. The summed E-state index contributed by atoms with van der Waals surface area (Å²) in [6.07, 6.45) is 0.255. The van der Waals surface area contributed by atoms with Gasteiger partial charge in [0.1, 0.15) is 11.5 Å². The van der Waals surface area contributed by atoms with Crippen LogP contribution in [-0.4, -0.2) is 30.6 Å². The number of ether oxygens (including phenoxy) is 1. The summed E-state index contributed by atoms with van der Waals surface area (Å²) in [7, 11) is 1.46. The van der Waals surface area contributed by atoms with Gasteiger partial charge in [0.05, 0.1) is 11.0 Å². The van der Waals surface area contributed by atoms with Crippen molar-refractivity contribution in [3.8, 4) is 0 Å². The average molecular weight is 271 g/mol. The van der Waals surface area contributed by atoms with Crippen molar-refractivity contribution < 1.29 is 18.8 Å². The third-order valence-electron chi connectivity index (χ3n) is 2.38. The van der Waals surface area contributed by atoms with Crippen LogP contribution in [0.5, 0.6) is 0 Å². The van der Waals surface area contributed by atoms with E-state index in [1.807, 2.05) is 0 Å². The molecule has 0 aromatic heterocycles. The molecule has 0 aliphatic heterocycles. The Kier molecular flexibility index (Phi) is 5.34. The molecule has 0 bridgehead atoms. The van der Waals surface area contributed by atoms with Gasteiger partial charge in [-0.1, -0.05) is 0 Å². The number of amides is 1. The highest BCUT2D eigenvalue weighted by Gasteiger charge is 2.19. The zero-order valence-electron chi connectivity index (χ0n) is 10.3. The lowest BCUT2D eigenvalue weighted by Gasteiger charge is -2.11. The lowest BCUT2D eigenvalue weighted by Crippen LogP contribution is -2.36. The normalized spacial score (nSPS) is 11.9. The second-order valence-corrected chi connectivity index (χ2v) is 3.80. The Labute approximate surface area is 108 Å². The van der Waals surface area contributed by atoms with Crippen molar-refractivity contribution in [2.45, 2.75) is 12.5 Å². The molecule has 0 aliphatic rings. The van der Waals surface area contributed by atoms with Crippen LogP contribution in [0.15, 0.2) is 18.2 Å². The maximum absolute atomic E-state index is 13.0. The molecular weight excluding hydrogens is 257 g/mol. The van der Waals surface area contributed by atoms with Crippen LogP contribution in [0.2, 0.25) is 0 Å². The highest BCUT2D eigenvalue weighted by molar-refractivity contribution is 5.96. The van der Waals surface area contributed by atoms with Crippen LogP contribution in [0.3, 0.4) is 0 Å². The molecule has 7 nitrogen and oxygen atoms in total. The Hall–Kier alpha value is -2.06. The number of nitrogens with two attached hydrogens (primary N) is 1. The third-order valence-corrected chi connectivity index (χ3v) is 2.38. The van der Waals surface area contributed by atoms with Crippen molar-refractivity contribution in [1.29, 1.82) is 0 Å². The highest BCUT2D eigenvalue weighted by atomic mass is 19.1. The van der Waals surface area contributed by atoms with Crippen LogP contribution >= 0.6 is 0 Å². The molecule has 0 saturated carbocycles. The van der Waals surface area contributed by atoms with Gasteiger partial charge < -0.3 is 15.8 Å². The Morgan fingerprint density at radius 1 is 1.63 bits per heavy atom. The number of anilines is 1. The number of nitro benzene ring substituents is 1. The first-order valence-corrected chi connectivity index (χ1v) is 5.45. The minimum absolute atomic E-state index is 0.220. The van der Waals surface area contributed by atoms with Crippen LogP contribution in [-0.2, 0) is 9.53 Å². The lowest BCUT2D eigenvalue weighted by molar-refractivity contribution is -0.384. The average Bonchev–Trinajstić information content (AvgIpc) is 2.35. The number of hydrogen-bond acceptors (Lipinski definition) is 5. The summed E-state index contributed by atoms with van der Waals surface area (Å²) in [4.78, 5) is 21.7. The Bertz CT molecular complexity index is 481. The van der Waals surface area contributed by atoms with Crippen LogP contribution in [0.1, 0.15) is 6.42 Å². The van der Waals surface area contributed by atoms with Gasteiger partial charge in [-0.05, 0) is 12.5 Å². The second-order valence-electron chi connectivity index (χ2n) is 3.80. The summed E-state index contributed by atoms with van der Waals surface area (Å²) in [5.74, 6) is -1.32. The van der Waals surface area contributed by atoms with Crippen LogP contribution in [0.4, 0.5) is 15.8 Å². The van der Waals surface area contributed by atoms with Gasteiger partial charge in [0.25, 0.3) is 5.69 Å². The molecule has 3 N–H and O–H groups in total. The van der Waals surface area contributed by atoms with Crippen molar-refractivity contribution in [2.75, 3.05) is 19.0 Å². The molecule has 1 unspecified atom stereocenters. The van der Waals surface area contributed by atoms with Crippen molar-refractivity contribution in [1.82, 2.24) is 0 Å². The maximum Gasteiger partial charge on any atom is 0.292 e. The molecule has 0 spiro atoms. The maximum atomic E-state index is 13.0. The molecule has 1 rings (SSSR count). The molecule has 8 heteroatoms. The molecule has 19 heavy (non-hydrogen) atoms. The molecule has 0 fully saturated rings. The third kappa shape index (κ3) is 4.27. The lowest BCUT2D eigenvalue weighted by atomic mass is 10.2. The topological polar surface area (TPSA) is 107 Å². The van der Waals surface area contributed by atoms with Crippen molar-refractivity contribution in [3.05, 3.63) is 34.1 Å². The fourth-order valence-electron chi connectivity index (χ4n) is 1.37. The van der Waals surface area contributed by atoms with Gasteiger partial charge in [0.15, 0.2) is 0 Å². The van der Waals surface area contributed by atoms with Gasteiger partial charge in [-0.15, -0.1) is 0 Å². The molecule has 0 aliphatic carbocycles. The van der Waals surface area contributed by atoms with E-state index in [0.29, 0.717) is 0 Å². The molecular formula is C11H14FN3O4. The summed E-state index contributed by atoms with van der Waals surface area (Å²) in [6.45, 7) is 0.278. The Morgan fingerprint density at radius 3 is 2.89 bits per heavy atom. The summed E-state index contributed by atoms with van der Waals surface area (Å²) >= 11 is 0. The van der Waals surface area contributed by atoms with Crippen molar-refractivity contribution in [2.24, 2.45) is 5.73 Å².